The van der Waals surface area contributed by atoms with Crippen LogP contribution in [0.5, 0.6) is 0 Å². The van der Waals surface area contributed by atoms with Crippen molar-refractivity contribution >= 4 is 38.5 Å². The highest BCUT2D eigenvalue weighted by molar-refractivity contribution is 7.97. The van der Waals surface area contributed by atoms with E-state index in [0.717, 1.165) is 34.0 Å². The minimum Gasteiger partial charge on any atom is -0.360 e. The van der Waals surface area contributed by atoms with Crippen LogP contribution in [0.15, 0.2) is 46.8 Å². The average Bonchev–Trinajstić information content (AvgIpc) is 3.02. The average molecular weight is 388 g/mol. The molecule has 0 bridgehead atoms. The van der Waals surface area contributed by atoms with Crippen molar-refractivity contribution in [1.29, 1.82) is 0 Å². The number of carbonyl (C=O) groups is 1. The summed E-state index contributed by atoms with van der Waals surface area (Å²) < 4.78 is 64.1. The molecule has 0 radical (unpaired) electrons. The number of Topliss-reactive ketones (excluding diaryl/α,β-unsaturated/α-hetero) is 1. The summed E-state index contributed by atoms with van der Waals surface area (Å²) in [5, 5.41) is 4.07. The summed E-state index contributed by atoms with van der Waals surface area (Å²) in [5.74, 6) is -0.692. The van der Waals surface area contributed by atoms with Crippen molar-refractivity contribution in [3.8, 4) is 0 Å². The molecule has 5 nitrogen and oxygen atoms in total. The molecule has 1 N–H and O–H groups in total. The summed E-state index contributed by atoms with van der Waals surface area (Å²) in [4.78, 5) is 12.1. The molecular formula is C15H11F3N2O3S2. The normalized spacial score (nSPS) is 18.3. The predicted molar refractivity (Wildman–Crippen MR) is 89.1 cm³/mol. The topological polar surface area (TPSA) is 66.5 Å². The van der Waals surface area contributed by atoms with Crippen molar-refractivity contribution in [2.45, 2.75) is 6.18 Å². The van der Waals surface area contributed by atoms with Gasteiger partial charge in [-0.05, 0) is 29.6 Å². The van der Waals surface area contributed by atoms with Gasteiger partial charge in [0.05, 0.1) is 11.3 Å². The zero-order chi connectivity index (χ0) is 18.4. The Hall–Kier alpha value is -2.33. The lowest BCUT2D eigenvalue weighted by Crippen LogP contribution is -2.35. The van der Waals surface area contributed by atoms with Gasteiger partial charge in [-0.3, -0.25) is 9.10 Å². The summed E-state index contributed by atoms with van der Waals surface area (Å²) in [6.45, 7) is 0. The molecule has 0 atom stereocenters. The van der Waals surface area contributed by atoms with Crippen molar-refractivity contribution < 1.29 is 26.4 Å². The molecule has 0 spiro atoms. The zero-order valence-corrected chi connectivity index (χ0v) is 14.3. The van der Waals surface area contributed by atoms with Crippen LogP contribution >= 0.6 is 11.3 Å². The number of rotatable bonds is 2. The third kappa shape index (κ3) is 3.02. The highest BCUT2D eigenvalue weighted by Crippen LogP contribution is 2.37. The number of alkyl halides is 3. The minimum atomic E-state index is -4.52. The predicted octanol–water partition coefficient (Wildman–Crippen LogP) is 3.68. The SMILES string of the molecule is CN1c2ccsc2C(=O)/C(=C\Nc2cccc(C(F)(F)F)c2)S1(=O)=O. The van der Waals surface area contributed by atoms with E-state index in [4.69, 9.17) is 0 Å². The number of carbonyl (C=O) groups excluding carboxylic acids is 1. The lowest BCUT2D eigenvalue weighted by atomic mass is 10.2. The first-order valence-corrected chi connectivity index (χ1v) is 9.19. The van der Waals surface area contributed by atoms with Gasteiger partial charge in [-0.2, -0.15) is 13.2 Å². The molecule has 0 saturated heterocycles. The summed E-state index contributed by atoms with van der Waals surface area (Å²) in [7, 11) is -2.77. The van der Waals surface area contributed by atoms with Gasteiger partial charge >= 0.3 is 6.18 Å². The molecule has 1 aromatic heterocycles. The first kappa shape index (κ1) is 17.5. The van der Waals surface area contributed by atoms with Gasteiger partial charge in [0.25, 0.3) is 10.0 Å². The van der Waals surface area contributed by atoms with E-state index in [1.165, 1.54) is 25.2 Å². The van der Waals surface area contributed by atoms with Gasteiger partial charge in [0, 0.05) is 18.9 Å². The second kappa shape index (κ2) is 5.88. The van der Waals surface area contributed by atoms with Gasteiger partial charge in [0.1, 0.15) is 4.88 Å². The number of ketones is 1. The van der Waals surface area contributed by atoms with Crippen LogP contribution in [-0.2, 0) is 16.2 Å². The van der Waals surface area contributed by atoms with E-state index in [2.05, 4.69) is 5.32 Å². The Labute approximate surface area is 145 Å². The van der Waals surface area contributed by atoms with Crippen LogP contribution in [0.3, 0.4) is 0 Å². The lowest BCUT2D eigenvalue weighted by Gasteiger charge is -2.25. The lowest BCUT2D eigenvalue weighted by molar-refractivity contribution is -0.137. The molecule has 1 aliphatic rings. The highest BCUT2D eigenvalue weighted by Gasteiger charge is 2.39. The number of allylic oxidation sites excluding steroid dienone is 1. The molecule has 0 unspecified atom stereocenters. The monoisotopic (exact) mass is 388 g/mol. The largest absolute Gasteiger partial charge is 0.416 e. The van der Waals surface area contributed by atoms with Crippen molar-refractivity contribution in [2.75, 3.05) is 16.7 Å². The van der Waals surface area contributed by atoms with Crippen LogP contribution in [-0.4, -0.2) is 21.2 Å². The van der Waals surface area contributed by atoms with E-state index >= 15 is 0 Å². The van der Waals surface area contributed by atoms with Crippen LogP contribution in [0.2, 0.25) is 0 Å². The Morgan fingerprint density at radius 1 is 1.24 bits per heavy atom. The number of hydrogen-bond acceptors (Lipinski definition) is 5. The Morgan fingerprint density at radius 2 is 1.96 bits per heavy atom. The Balaban J connectivity index is 1.98. The van der Waals surface area contributed by atoms with Crippen molar-refractivity contribution in [3.63, 3.8) is 0 Å². The van der Waals surface area contributed by atoms with Crippen LogP contribution < -0.4 is 9.62 Å². The molecule has 2 heterocycles. The molecule has 0 aliphatic carbocycles. The van der Waals surface area contributed by atoms with Gasteiger partial charge in [0.15, 0.2) is 4.91 Å². The van der Waals surface area contributed by atoms with Gasteiger partial charge < -0.3 is 5.32 Å². The molecule has 3 rings (SSSR count). The number of anilines is 2. The quantitative estimate of drug-likeness (QED) is 0.797. The van der Waals surface area contributed by atoms with E-state index in [1.54, 1.807) is 5.38 Å². The molecule has 25 heavy (non-hydrogen) atoms. The third-order valence-electron chi connectivity index (χ3n) is 3.61. The summed E-state index contributed by atoms with van der Waals surface area (Å²) in [6.07, 6.45) is -3.60. The fourth-order valence-corrected chi connectivity index (χ4v) is 4.55. The molecule has 1 aliphatic heterocycles. The van der Waals surface area contributed by atoms with Gasteiger partial charge in [-0.25, -0.2) is 8.42 Å². The number of hydrogen-bond donors (Lipinski definition) is 1. The number of benzene rings is 1. The Kier molecular flexibility index (Phi) is 4.12. The van der Waals surface area contributed by atoms with Crippen LogP contribution in [0.25, 0.3) is 0 Å². The highest BCUT2D eigenvalue weighted by atomic mass is 32.2. The number of fused-ring (bicyclic) bond motifs is 1. The second-order valence-corrected chi connectivity index (χ2v) is 8.02. The van der Waals surface area contributed by atoms with Gasteiger partial charge in [-0.1, -0.05) is 6.07 Å². The van der Waals surface area contributed by atoms with E-state index in [-0.39, 0.29) is 16.3 Å². The molecule has 0 amide bonds. The number of sulfonamides is 1. The van der Waals surface area contributed by atoms with Crippen molar-refractivity contribution in [3.05, 3.63) is 57.3 Å². The molecule has 0 fully saturated rings. The maximum absolute atomic E-state index is 12.7. The standard InChI is InChI=1S/C15H11F3N2O3S2/c1-20-11-5-6-24-14(11)13(21)12(25(20,22)23)8-19-10-4-2-3-9(7-10)15(16,17)18/h2-8,19H,1H3/b12-8+. The van der Waals surface area contributed by atoms with Crippen LogP contribution in [0.4, 0.5) is 24.5 Å². The van der Waals surface area contributed by atoms with Crippen LogP contribution in [0.1, 0.15) is 15.2 Å². The molecule has 1 aromatic carbocycles. The molecule has 2 aromatic rings. The maximum atomic E-state index is 12.7. The van der Waals surface area contributed by atoms with E-state index in [0.29, 0.717) is 0 Å². The molecular weight excluding hydrogens is 377 g/mol. The summed E-state index contributed by atoms with van der Waals surface area (Å²) >= 11 is 1.10. The van der Waals surface area contributed by atoms with Crippen LogP contribution in [0, 0.1) is 0 Å². The van der Waals surface area contributed by atoms with Crippen molar-refractivity contribution in [2.24, 2.45) is 0 Å². The van der Waals surface area contributed by atoms with E-state index < -0.39 is 32.5 Å². The first-order chi connectivity index (χ1) is 11.6. The number of halogens is 3. The second-order valence-electron chi connectivity index (χ2n) is 5.17. The summed E-state index contributed by atoms with van der Waals surface area (Å²) in [5.41, 5.74) is -0.581. The van der Waals surface area contributed by atoms with E-state index in [9.17, 15) is 26.4 Å². The Morgan fingerprint density at radius 3 is 2.64 bits per heavy atom. The first-order valence-electron chi connectivity index (χ1n) is 6.87. The molecule has 10 heteroatoms. The number of nitrogens with zero attached hydrogens (tertiary/aromatic N) is 1. The number of nitrogens with one attached hydrogen (secondary N) is 1. The van der Waals surface area contributed by atoms with E-state index in [1.807, 2.05) is 0 Å². The fourth-order valence-electron chi connectivity index (χ4n) is 2.30. The molecule has 0 saturated carbocycles. The van der Waals surface area contributed by atoms with Gasteiger partial charge in [0.2, 0.25) is 5.78 Å². The smallest absolute Gasteiger partial charge is 0.360 e. The van der Waals surface area contributed by atoms with Gasteiger partial charge in [-0.15, -0.1) is 11.3 Å². The Bertz CT molecular complexity index is 978. The fraction of sp³-hybridized carbons (Fsp3) is 0.133. The molecule has 132 valence electrons. The maximum Gasteiger partial charge on any atom is 0.416 e. The zero-order valence-electron chi connectivity index (χ0n) is 12.7. The summed E-state index contributed by atoms with van der Waals surface area (Å²) in [6, 6.07) is 5.77. The minimum absolute atomic E-state index is 0.0185. The number of thiophene rings is 1. The third-order valence-corrected chi connectivity index (χ3v) is 6.29. The van der Waals surface area contributed by atoms with Crippen molar-refractivity contribution in [1.82, 2.24) is 0 Å².